The highest BCUT2D eigenvalue weighted by Crippen LogP contribution is 2.33. The van der Waals surface area contributed by atoms with Crippen LogP contribution in [0, 0.1) is 27.7 Å². The van der Waals surface area contributed by atoms with Gasteiger partial charge in [0, 0.05) is 61.1 Å². The first-order valence-electron chi connectivity index (χ1n) is 17.2. The van der Waals surface area contributed by atoms with Gasteiger partial charge in [-0.1, -0.05) is 54.1 Å². The molecule has 0 saturated carbocycles. The van der Waals surface area contributed by atoms with E-state index in [4.69, 9.17) is 16.3 Å². The van der Waals surface area contributed by atoms with E-state index in [1.807, 2.05) is 50.2 Å². The van der Waals surface area contributed by atoms with Crippen molar-refractivity contribution in [3.05, 3.63) is 136 Å². The highest BCUT2D eigenvalue weighted by atomic mass is 35.5. The lowest BCUT2D eigenvalue weighted by Crippen LogP contribution is -2.46. The zero-order valence-electron chi connectivity index (χ0n) is 29.5. The number of amides is 1. The van der Waals surface area contributed by atoms with Crippen LogP contribution < -0.4 is 14.4 Å². The predicted octanol–water partition coefficient (Wildman–Crippen LogP) is 8.35. The van der Waals surface area contributed by atoms with E-state index in [0.29, 0.717) is 27.5 Å². The number of fused-ring (bicyclic) bond motifs is 1. The Hall–Kier alpha value is -5.16. The number of sulfonamides is 1. The molecule has 1 aliphatic rings. The number of pyridine rings is 1. The average molecular weight is 734 g/mol. The monoisotopic (exact) mass is 733 g/mol. The number of carbonyl (C=O) groups excluding carboxylic acids is 1. The first kappa shape index (κ1) is 35.3. The lowest BCUT2D eigenvalue weighted by Gasteiger charge is -2.36. The zero-order chi connectivity index (χ0) is 36.6. The number of piperazine rings is 1. The van der Waals surface area contributed by atoms with Crippen LogP contribution in [-0.4, -0.2) is 55.4 Å². The molecule has 3 heterocycles. The first-order chi connectivity index (χ1) is 25.0. The number of H-pyrrole nitrogens is 1. The van der Waals surface area contributed by atoms with E-state index in [2.05, 4.69) is 60.9 Å². The molecule has 9 nitrogen and oxygen atoms in total. The quantitative estimate of drug-likeness (QED) is 0.154. The fourth-order valence-electron chi connectivity index (χ4n) is 6.96. The minimum absolute atomic E-state index is 0.0954. The Morgan fingerprint density at radius 1 is 0.885 bits per heavy atom. The van der Waals surface area contributed by atoms with Crippen molar-refractivity contribution >= 4 is 44.3 Å². The van der Waals surface area contributed by atoms with Crippen LogP contribution in [0.1, 0.15) is 38.2 Å². The summed E-state index contributed by atoms with van der Waals surface area (Å²) in [4.78, 5) is 26.1. The molecule has 1 saturated heterocycles. The molecular formula is C41H40ClN5O4S. The van der Waals surface area contributed by atoms with Gasteiger partial charge in [0.25, 0.3) is 15.9 Å². The van der Waals surface area contributed by atoms with Gasteiger partial charge in [-0.2, -0.15) is 0 Å². The van der Waals surface area contributed by atoms with Crippen LogP contribution in [0.4, 0.5) is 5.69 Å². The number of halogens is 1. The SMILES string of the molecule is Cc1cc(C)c(S(=O)(=O)NC(=O)c2ccc(N3CCN(Cc4ccccc4-c4ccc(Cl)cc4)CC3)cc2Oc2cnc3[nH]ccc3c2)c(C)c1C. The number of nitrogens with zero attached hydrogens (tertiary/aromatic N) is 3. The Bertz CT molecular complexity index is 2400. The lowest BCUT2D eigenvalue weighted by atomic mass is 9.99. The summed E-state index contributed by atoms with van der Waals surface area (Å²) in [5.74, 6) is -0.126. The summed E-state index contributed by atoms with van der Waals surface area (Å²) in [6.07, 6.45) is 3.37. The normalized spacial score (nSPS) is 13.8. The average Bonchev–Trinajstić information content (AvgIpc) is 3.59. The third-order valence-electron chi connectivity index (χ3n) is 9.90. The van der Waals surface area contributed by atoms with Gasteiger partial charge in [-0.05, 0) is 103 Å². The van der Waals surface area contributed by atoms with E-state index >= 15 is 0 Å². The van der Waals surface area contributed by atoms with Crippen molar-refractivity contribution in [1.29, 1.82) is 0 Å². The van der Waals surface area contributed by atoms with E-state index in [9.17, 15) is 13.2 Å². The Morgan fingerprint density at radius 3 is 2.40 bits per heavy atom. The molecule has 2 aromatic heterocycles. The number of carbonyl (C=O) groups is 1. The van der Waals surface area contributed by atoms with E-state index in [-0.39, 0.29) is 16.2 Å². The molecule has 7 rings (SSSR count). The van der Waals surface area contributed by atoms with Crippen molar-refractivity contribution in [2.24, 2.45) is 0 Å². The van der Waals surface area contributed by atoms with Crippen LogP contribution in [-0.2, 0) is 16.6 Å². The van der Waals surface area contributed by atoms with Gasteiger partial charge in [-0.25, -0.2) is 18.1 Å². The molecule has 266 valence electrons. The van der Waals surface area contributed by atoms with Gasteiger partial charge in [0.15, 0.2) is 0 Å². The molecule has 1 amide bonds. The van der Waals surface area contributed by atoms with Crippen LogP contribution in [0.15, 0.2) is 102 Å². The van der Waals surface area contributed by atoms with Crippen molar-refractivity contribution in [2.75, 3.05) is 31.1 Å². The smallest absolute Gasteiger partial charge is 0.268 e. The van der Waals surface area contributed by atoms with Gasteiger partial charge in [0.1, 0.15) is 17.1 Å². The molecule has 4 aromatic carbocycles. The molecule has 0 unspecified atom stereocenters. The summed E-state index contributed by atoms with van der Waals surface area (Å²) < 4.78 is 36.0. The number of rotatable bonds is 9. The summed E-state index contributed by atoms with van der Waals surface area (Å²) in [5, 5.41) is 1.56. The number of aryl methyl sites for hydroxylation is 2. The minimum Gasteiger partial charge on any atom is -0.455 e. The van der Waals surface area contributed by atoms with Crippen molar-refractivity contribution in [2.45, 2.75) is 39.1 Å². The van der Waals surface area contributed by atoms with Crippen LogP contribution in [0.5, 0.6) is 11.5 Å². The molecule has 0 bridgehead atoms. The van der Waals surface area contributed by atoms with Crippen molar-refractivity contribution in [3.63, 3.8) is 0 Å². The van der Waals surface area contributed by atoms with Gasteiger partial charge in [-0.3, -0.25) is 9.69 Å². The zero-order valence-corrected chi connectivity index (χ0v) is 31.1. The summed E-state index contributed by atoms with van der Waals surface area (Å²) in [6.45, 7) is 11.3. The molecule has 1 fully saturated rings. The van der Waals surface area contributed by atoms with Gasteiger partial charge in [0.05, 0.1) is 16.7 Å². The van der Waals surface area contributed by atoms with E-state index in [0.717, 1.165) is 60.5 Å². The van der Waals surface area contributed by atoms with E-state index in [1.54, 1.807) is 38.4 Å². The Labute approximate surface area is 309 Å². The number of aromatic amines is 1. The second-order valence-corrected chi connectivity index (χ2v) is 15.4. The first-order valence-corrected chi connectivity index (χ1v) is 19.0. The van der Waals surface area contributed by atoms with Crippen molar-refractivity contribution < 1.29 is 17.9 Å². The molecule has 6 aromatic rings. The third kappa shape index (κ3) is 7.27. The van der Waals surface area contributed by atoms with E-state index in [1.165, 1.54) is 11.1 Å². The topological polar surface area (TPSA) is 108 Å². The number of aromatic nitrogens is 2. The lowest BCUT2D eigenvalue weighted by molar-refractivity contribution is 0.0979. The maximum Gasteiger partial charge on any atom is 0.268 e. The summed E-state index contributed by atoms with van der Waals surface area (Å²) in [7, 11) is -4.20. The van der Waals surface area contributed by atoms with Gasteiger partial charge in [-0.15, -0.1) is 0 Å². The van der Waals surface area contributed by atoms with Crippen molar-refractivity contribution in [3.8, 4) is 22.6 Å². The number of hydrogen-bond acceptors (Lipinski definition) is 7. The fraction of sp³-hybridized carbons (Fsp3) is 0.220. The van der Waals surface area contributed by atoms with Crippen LogP contribution in [0.25, 0.3) is 22.2 Å². The molecule has 0 spiro atoms. The van der Waals surface area contributed by atoms with Crippen LogP contribution in [0.2, 0.25) is 5.02 Å². The molecular weight excluding hydrogens is 694 g/mol. The standard InChI is InChI=1S/C41H40ClN5O4S/c1-26-21-27(2)39(29(4)28(26)3)52(49,50)45-41(48)37-14-13-34(23-38(37)51-35-22-31-15-16-43-40(31)44-24-35)47-19-17-46(18-20-47)25-32-7-5-6-8-36(32)30-9-11-33(42)12-10-30/h5-16,21-24H,17-20,25H2,1-4H3,(H,43,44)(H,45,48). The van der Waals surface area contributed by atoms with Crippen LogP contribution >= 0.6 is 11.6 Å². The molecule has 0 atom stereocenters. The second-order valence-electron chi connectivity index (χ2n) is 13.3. The summed E-state index contributed by atoms with van der Waals surface area (Å²) in [6, 6.07) is 27.2. The molecule has 0 radical (unpaired) electrons. The highest BCUT2D eigenvalue weighted by Gasteiger charge is 2.27. The predicted molar refractivity (Wildman–Crippen MR) is 207 cm³/mol. The maximum atomic E-state index is 13.8. The Balaban J connectivity index is 1.13. The molecule has 1 aliphatic heterocycles. The minimum atomic E-state index is -4.20. The largest absolute Gasteiger partial charge is 0.455 e. The summed E-state index contributed by atoms with van der Waals surface area (Å²) in [5.41, 5.74) is 8.28. The Kier molecular flexibility index (Phi) is 9.80. The molecule has 11 heteroatoms. The highest BCUT2D eigenvalue weighted by molar-refractivity contribution is 7.90. The number of hydrogen-bond donors (Lipinski definition) is 2. The maximum absolute atomic E-state index is 13.8. The second kappa shape index (κ2) is 14.5. The van der Waals surface area contributed by atoms with Crippen LogP contribution in [0.3, 0.4) is 0 Å². The Morgan fingerprint density at radius 2 is 1.63 bits per heavy atom. The number of benzene rings is 4. The fourth-order valence-corrected chi connectivity index (χ4v) is 8.58. The van der Waals surface area contributed by atoms with Gasteiger partial charge in [0.2, 0.25) is 0 Å². The molecule has 2 N–H and O–H groups in total. The molecule has 0 aliphatic carbocycles. The number of anilines is 1. The van der Waals surface area contributed by atoms with E-state index < -0.39 is 15.9 Å². The number of ether oxygens (including phenoxy) is 1. The molecule has 52 heavy (non-hydrogen) atoms. The number of nitrogens with one attached hydrogen (secondary N) is 2. The van der Waals surface area contributed by atoms with Crippen molar-refractivity contribution in [1.82, 2.24) is 19.6 Å². The summed E-state index contributed by atoms with van der Waals surface area (Å²) >= 11 is 6.15. The van der Waals surface area contributed by atoms with Gasteiger partial charge < -0.3 is 14.6 Å². The van der Waals surface area contributed by atoms with Gasteiger partial charge >= 0.3 is 0 Å². The third-order valence-corrected chi connectivity index (χ3v) is 11.8.